The van der Waals surface area contributed by atoms with Gasteiger partial charge in [-0.05, 0) is 43.0 Å². The fraction of sp³-hybridized carbons (Fsp3) is 0.600. The number of hydrogen-bond donors (Lipinski definition) is 1. The molecular weight excluding hydrogens is 394 g/mol. The minimum Gasteiger partial charge on any atom is -0.385 e. The van der Waals surface area contributed by atoms with Crippen molar-refractivity contribution in [1.29, 1.82) is 0 Å². The van der Waals surface area contributed by atoms with Crippen molar-refractivity contribution < 1.29 is 22.7 Å². The molecule has 2 aliphatic rings. The SMILES string of the molecule is COCCCNC(=O)[C@@H]1Cc2cc(S(=O)(=O)N3CCCCC3)ccc2N1C(C)=O. The number of rotatable bonds is 7. The smallest absolute Gasteiger partial charge is 0.243 e. The van der Waals surface area contributed by atoms with Gasteiger partial charge >= 0.3 is 0 Å². The maximum atomic E-state index is 13.0. The van der Waals surface area contributed by atoms with Gasteiger partial charge in [0.2, 0.25) is 21.8 Å². The lowest BCUT2D eigenvalue weighted by molar-refractivity contribution is -0.125. The van der Waals surface area contributed by atoms with Crippen LogP contribution in [-0.2, 0) is 30.8 Å². The summed E-state index contributed by atoms with van der Waals surface area (Å²) in [7, 11) is -1.96. The lowest BCUT2D eigenvalue weighted by atomic mass is 10.1. The topological polar surface area (TPSA) is 96.0 Å². The largest absolute Gasteiger partial charge is 0.385 e. The zero-order chi connectivity index (χ0) is 21.0. The van der Waals surface area contributed by atoms with E-state index in [0.29, 0.717) is 50.3 Å². The van der Waals surface area contributed by atoms with E-state index >= 15 is 0 Å². The summed E-state index contributed by atoms with van der Waals surface area (Å²) in [6.07, 6.45) is 3.76. The summed E-state index contributed by atoms with van der Waals surface area (Å²) in [6.45, 7) is 3.48. The summed E-state index contributed by atoms with van der Waals surface area (Å²) in [5.74, 6) is -0.486. The summed E-state index contributed by atoms with van der Waals surface area (Å²) in [5, 5.41) is 2.84. The molecule has 160 valence electrons. The van der Waals surface area contributed by atoms with Crippen LogP contribution in [0.2, 0.25) is 0 Å². The van der Waals surface area contributed by atoms with E-state index in [1.165, 1.54) is 22.2 Å². The van der Waals surface area contributed by atoms with Crippen LogP contribution in [0.1, 0.15) is 38.2 Å². The van der Waals surface area contributed by atoms with Crippen molar-refractivity contribution in [3.63, 3.8) is 0 Å². The number of benzene rings is 1. The van der Waals surface area contributed by atoms with Crippen molar-refractivity contribution in [2.45, 2.75) is 50.0 Å². The Bertz CT molecular complexity index is 865. The molecule has 2 heterocycles. The molecule has 1 aromatic carbocycles. The number of amides is 2. The highest BCUT2D eigenvalue weighted by Gasteiger charge is 2.38. The molecule has 0 aromatic heterocycles. The molecule has 0 bridgehead atoms. The monoisotopic (exact) mass is 423 g/mol. The molecule has 3 rings (SSSR count). The fourth-order valence-electron chi connectivity index (χ4n) is 3.99. The molecule has 8 nitrogen and oxygen atoms in total. The Morgan fingerprint density at radius 2 is 1.93 bits per heavy atom. The first-order chi connectivity index (χ1) is 13.9. The number of ether oxygens (including phenoxy) is 1. The third-order valence-corrected chi connectivity index (χ3v) is 7.35. The predicted molar refractivity (Wildman–Crippen MR) is 109 cm³/mol. The zero-order valence-electron chi connectivity index (χ0n) is 17.0. The van der Waals surface area contributed by atoms with Crippen molar-refractivity contribution in [2.75, 3.05) is 38.3 Å². The minimum atomic E-state index is -3.56. The van der Waals surface area contributed by atoms with Gasteiger partial charge in [0.05, 0.1) is 4.90 Å². The molecule has 0 aliphatic carbocycles. The molecule has 0 spiro atoms. The van der Waals surface area contributed by atoms with Gasteiger partial charge in [-0.2, -0.15) is 4.31 Å². The second-order valence-electron chi connectivity index (χ2n) is 7.50. The van der Waals surface area contributed by atoms with Gasteiger partial charge in [0.25, 0.3) is 0 Å². The van der Waals surface area contributed by atoms with Gasteiger partial charge in [-0.1, -0.05) is 6.42 Å². The normalized spacial score (nSPS) is 19.8. The zero-order valence-corrected chi connectivity index (χ0v) is 17.8. The number of nitrogens with one attached hydrogen (secondary N) is 1. The number of fused-ring (bicyclic) bond motifs is 1. The molecule has 1 aromatic rings. The van der Waals surface area contributed by atoms with Crippen LogP contribution in [0.25, 0.3) is 0 Å². The van der Waals surface area contributed by atoms with Crippen molar-refractivity contribution in [2.24, 2.45) is 0 Å². The first-order valence-electron chi connectivity index (χ1n) is 10.1. The molecule has 2 aliphatic heterocycles. The van der Waals surface area contributed by atoms with Crippen molar-refractivity contribution in [3.05, 3.63) is 23.8 Å². The third-order valence-electron chi connectivity index (χ3n) is 5.45. The Morgan fingerprint density at radius 1 is 1.21 bits per heavy atom. The van der Waals surface area contributed by atoms with Crippen LogP contribution in [-0.4, -0.2) is 63.9 Å². The van der Waals surface area contributed by atoms with E-state index in [0.717, 1.165) is 19.3 Å². The maximum Gasteiger partial charge on any atom is 0.243 e. The van der Waals surface area contributed by atoms with E-state index in [2.05, 4.69) is 5.32 Å². The van der Waals surface area contributed by atoms with Gasteiger partial charge in [0.1, 0.15) is 6.04 Å². The molecule has 1 fully saturated rings. The number of methoxy groups -OCH3 is 1. The summed E-state index contributed by atoms with van der Waals surface area (Å²) < 4.78 is 32.5. The van der Waals surface area contributed by atoms with Gasteiger partial charge in [-0.15, -0.1) is 0 Å². The van der Waals surface area contributed by atoms with Crippen molar-refractivity contribution in [3.8, 4) is 0 Å². The highest BCUT2D eigenvalue weighted by atomic mass is 32.2. The Balaban J connectivity index is 1.81. The lowest BCUT2D eigenvalue weighted by Crippen LogP contribution is -2.47. The van der Waals surface area contributed by atoms with Crippen molar-refractivity contribution in [1.82, 2.24) is 9.62 Å². The van der Waals surface area contributed by atoms with Crippen LogP contribution in [0.3, 0.4) is 0 Å². The van der Waals surface area contributed by atoms with Gasteiger partial charge in [0, 0.05) is 52.4 Å². The van der Waals surface area contributed by atoms with Crippen molar-refractivity contribution >= 4 is 27.5 Å². The summed E-state index contributed by atoms with van der Waals surface area (Å²) in [4.78, 5) is 26.6. The number of nitrogens with zero attached hydrogens (tertiary/aromatic N) is 2. The number of anilines is 1. The van der Waals surface area contributed by atoms with E-state index in [4.69, 9.17) is 4.74 Å². The molecule has 0 saturated carbocycles. The molecule has 9 heteroatoms. The molecule has 1 atom stereocenters. The second kappa shape index (κ2) is 9.23. The van der Waals surface area contributed by atoms with E-state index in [9.17, 15) is 18.0 Å². The Hall–Kier alpha value is -1.97. The van der Waals surface area contributed by atoms with Crippen LogP contribution in [0.5, 0.6) is 0 Å². The average molecular weight is 424 g/mol. The number of sulfonamides is 1. The molecule has 2 amide bonds. The molecule has 0 unspecified atom stereocenters. The minimum absolute atomic E-state index is 0.225. The van der Waals surface area contributed by atoms with Crippen LogP contribution in [0.15, 0.2) is 23.1 Å². The molecule has 29 heavy (non-hydrogen) atoms. The van der Waals surface area contributed by atoms with E-state index < -0.39 is 16.1 Å². The van der Waals surface area contributed by atoms with E-state index in [-0.39, 0.29) is 16.7 Å². The maximum absolute atomic E-state index is 13.0. The lowest BCUT2D eigenvalue weighted by Gasteiger charge is -2.26. The number of piperidine rings is 1. The van der Waals surface area contributed by atoms with Crippen LogP contribution < -0.4 is 10.2 Å². The van der Waals surface area contributed by atoms with Gasteiger partial charge < -0.3 is 10.1 Å². The third kappa shape index (κ3) is 4.62. The number of carbonyl (C=O) groups excluding carboxylic acids is 2. The van der Waals surface area contributed by atoms with Gasteiger partial charge in [-0.3, -0.25) is 14.5 Å². The first-order valence-corrected chi connectivity index (χ1v) is 11.5. The Labute approximate surface area is 172 Å². The van der Waals surface area contributed by atoms with E-state index in [1.807, 2.05) is 0 Å². The summed E-state index contributed by atoms with van der Waals surface area (Å²) in [6, 6.07) is 4.13. The highest BCUT2D eigenvalue weighted by molar-refractivity contribution is 7.89. The van der Waals surface area contributed by atoms with Gasteiger partial charge in [0.15, 0.2) is 0 Å². The molecular formula is C20H29N3O5S. The molecule has 1 N–H and O–H groups in total. The van der Waals surface area contributed by atoms with Crippen LogP contribution >= 0.6 is 0 Å². The van der Waals surface area contributed by atoms with Gasteiger partial charge in [-0.25, -0.2) is 8.42 Å². The Morgan fingerprint density at radius 3 is 2.59 bits per heavy atom. The molecule has 0 radical (unpaired) electrons. The molecule has 1 saturated heterocycles. The fourth-order valence-corrected chi connectivity index (χ4v) is 5.56. The first kappa shape index (κ1) is 21.7. The highest BCUT2D eigenvalue weighted by Crippen LogP contribution is 2.35. The quantitative estimate of drug-likeness (QED) is 0.667. The predicted octanol–water partition coefficient (Wildman–Crippen LogP) is 1.29. The number of hydrogen-bond acceptors (Lipinski definition) is 5. The number of carbonyl (C=O) groups is 2. The summed E-state index contributed by atoms with van der Waals surface area (Å²) >= 11 is 0. The van der Waals surface area contributed by atoms with Crippen LogP contribution in [0, 0.1) is 0 Å². The van der Waals surface area contributed by atoms with Crippen LogP contribution in [0.4, 0.5) is 5.69 Å². The Kier molecular flexibility index (Phi) is 6.92. The van der Waals surface area contributed by atoms with E-state index in [1.54, 1.807) is 19.2 Å². The second-order valence-corrected chi connectivity index (χ2v) is 9.44. The average Bonchev–Trinajstić information content (AvgIpc) is 3.11. The summed E-state index contributed by atoms with van der Waals surface area (Å²) in [5.41, 5.74) is 1.31. The standard InChI is InChI=1S/C20H29N3O5S/c1-15(24)23-18-8-7-17(29(26,27)22-10-4-3-5-11-22)13-16(18)14-19(23)20(25)21-9-6-12-28-2/h7-8,13,19H,3-6,9-12,14H2,1-2H3,(H,21,25)/t19-/m0/s1.